The molecule has 0 aliphatic rings. The van der Waals surface area contributed by atoms with Crippen LogP contribution in [0.5, 0.6) is 0 Å². The van der Waals surface area contributed by atoms with Gasteiger partial charge in [0.2, 0.25) is 0 Å². The van der Waals surface area contributed by atoms with E-state index in [1.54, 1.807) is 0 Å². The van der Waals surface area contributed by atoms with Crippen LogP contribution in [0.15, 0.2) is 0 Å². The molecule has 0 bridgehead atoms. The van der Waals surface area contributed by atoms with E-state index in [0.29, 0.717) is 0 Å². The molecule has 0 spiro atoms. The van der Waals surface area contributed by atoms with E-state index in [9.17, 15) is 10.3 Å². The quantitative estimate of drug-likeness (QED) is 0.428. The van der Waals surface area contributed by atoms with Gasteiger partial charge in [-0.3, -0.25) is 0 Å². The van der Waals surface area contributed by atoms with Crippen molar-refractivity contribution in [2.75, 3.05) is 0 Å². The minimum atomic E-state index is -5.26. The van der Waals surface area contributed by atoms with Crippen molar-refractivity contribution in [2.45, 2.75) is 0 Å². The van der Waals surface area contributed by atoms with Crippen molar-refractivity contribution in [3.8, 4) is 0 Å². The maximum absolute atomic E-state index is 9.30. The molecule has 0 fully saturated rings. The summed E-state index contributed by atoms with van der Waals surface area (Å²) in [6.07, 6.45) is 0. The van der Waals surface area contributed by atoms with Crippen molar-refractivity contribution in [2.24, 2.45) is 0 Å². The first kappa shape index (κ1) is 7.15. The SMILES string of the molecule is [O-][I+3]([O-])([O-])[O][V]. The van der Waals surface area contributed by atoms with E-state index in [2.05, 4.69) is 1.99 Å². The van der Waals surface area contributed by atoms with Crippen LogP contribution in [0.4, 0.5) is 0 Å². The van der Waals surface area contributed by atoms with Crippen LogP contribution in [0, 0.1) is 0 Å². The minimum absolute atomic E-state index is 1.24. The molecule has 0 radical (unpaired) electrons. The molecule has 0 rings (SSSR count). The Labute approximate surface area is 50.2 Å². The van der Waals surface area contributed by atoms with E-state index in [1.165, 1.54) is 17.8 Å². The summed E-state index contributed by atoms with van der Waals surface area (Å²) < 4.78 is 31.3. The molecule has 6 heteroatoms. The molecule has 0 aromatic heterocycles. The Bertz CT molecular complexity index is 37.3. The van der Waals surface area contributed by atoms with Crippen LogP contribution >= 0.6 is 0 Å². The molecule has 0 saturated carbocycles. The van der Waals surface area contributed by atoms with Gasteiger partial charge in [0.15, 0.2) is 0 Å². The van der Waals surface area contributed by atoms with Gasteiger partial charge in [0.05, 0.1) is 0 Å². The zero-order valence-electron chi connectivity index (χ0n) is 2.46. The van der Waals surface area contributed by atoms with Crippen LogP contribution in [0.2, 0.25) is 0 Å². The summed E-state index contributed by atoms with van der Waals surface area (Å²) in [5.74, 6) is 0. The van der Waals surface area contributed by atoms with Gasteiger partial charge in [-0.25, -0.2) is 0 Å². The molecular weight excluding hydrogens is 242 g/mol. The third kappa shape index (κ3) is 5.15. The third-order valence-corrected chi connectivity index (χ3v) is 2.34. The normalized spacial score (nSPS) is 11.8. The molecular formula is IO4V. The van der Waals surface area contributed by atoms with Gasteiger partial charge < -0.3 is 0 Å². The molecule has 0 aliphatic heterocycles. The molecule has 0 saturated heterocycles. The Morgan fingerprint density at radius 3 is 1.50 bits per heavy atom. The Hall–Kier alpha value is 1.15. The topological polar surface area (TPSA) is 78.4 Å². The van der Waals surface area contributed by atoms with Gasteiger partial charge in [0.25, 0.3) is 0 Å². The first-order chi connectivity index (χ1) is 2.56. The molecule has 6 heavy (non-hydrogen) atoms. The summed E-state index contributed by atoms with van der Waals surface area (Å²) >= 11 is -4.02. The van der Waals surface area contributed by atoms with Crippen LogP contribution in [-0.2, 0) is 19.8 Å². The zero-order chi connectivity index (χ0) is 5.21. The Balaban J connectivity index is 3.17. The predicted molar refractivity (Wildman–Crippen MR) is 1.08 cm³/mol. The van der Waals surface area contributed by atoms with Gasteiger partial charge >= 0.3 is 50.2 Å². The predicted octanol–water partition coefficient (Wildman–Crippen LogP) is -6.63. The van der Waals surface area contributed by atoms with E-state index in [1.807, 2.05) is 0 Å². The van der Waals surface area contributed by atoms with Crippen molar-refractivity contribution in [1.82, 2.24) is 0 Å². The molecule has 0 aromatic rings. The van der Waals surface area contributed by atoms with Gasteiger partial charge in [0.1, 0.15) is 0 Å². The number of hydrogen-bond acceptors (Lipinski definition) is 4. The second-order valence-corrected chi connectivity index (χ2v) is 4.44. The summed E-state index contributed by atoms with van der Waals surface area (Å²) in [7, 11) is 0. The van der Waals surface area contributed by atoms with E-state index < -0.39 is 20.1 Å². The van der Waals surface area contributed by atoms with Crippen molar-refractivity contribution in [3.63, 3.8) is 0 Å². The molecule has 0 amide bonds. The van der Waals surface area contributed by atoms with Crippen LogP contribution in [-0.4, -0.2) is 0 Å². The van der Waals surface area contributed by atoms with Crippen LogP contribution < -0.4 is 30.4 Å². The summed E-state index contributed by atoms with van der Waals surface area (Å²) in [6.45, 7) is 0. The van der Waals surface area contributed by atoms with E-state index in [4.69, 9.17) is 0 Å². The fourth-order valence-electron chi connectivity index (χ4n) is 0. The summed E-state index contributed by atoms with van der Waals surface area (Å²) in [4.78, 5) is 0. The maximum atomic E-state index is 9.30. The average Bonchev–Trinajstić information content (AvgIpc) is 1.35. The second kappa shape index (κ2) is 2.46. The van der Waals surface area contributed by atoms with E-state index in [-0.39, 0.29) is 0 Å². The second-order valence-electron chi connectivity index (χ2n) is 0.447. The average molecular weight is 242 g/mol. The van der Waals surface area contributed by atoms with Crippen molar-refractivity contribution >= 4 is 0 Å². The molecule has 0 aliphatic carbocycles. The molecule has 36 valence electrons. The molecule has 0 atom stereocenters. The van der Waals surface area contributed by atoms with E-state index in [0.717, 1.165) is 0 Å². The summed E-state index contributed by atoms with van der Waals surface area (Å²) in [5, 5.41) is 0. The molecule has 0 N–H and O–H groups in total. The zero-order valence-corrected chi connectivity index (χ0v) is 6.01. The first-order valence-electron chi connectivity index (χ1n) is 0.800. The first-order valence-corrected chi connectivity index (χ1v) is 4.89. The van der Waals surface area contributed by atoms with Gasteiger partial charge in [-0.2, -0.15) is 0 Å². The molecule has 0 heterocycles. The molecule has 4 nitrogen and oxygen atoms in total. The molecule has 0 aromatic carbocycles. The summed E-state index contributed by atoms with van der Waals surface area (Å²) in [6, 6.07) is 0. The monoisotopic (exact) mass is 242 g/mol. The Kier molecular flexibility index (Phi) is 2.93. The van der Waals surface area contributed by atoms with Gasteiger partial charge in [-0.1, -0.05) is 0 Å². The van der Waals surface area contributed by atoms with Crippen LogP contribution in [0.25, 0.3) is 0 Å². The molecule has 0 unspecified atom stereocenters. The fourth-order valence-corrected chi connectivity index (χ4v) is 0. The van der Waals surface area contributed by atoms with Crippen molar-refractivity contribution in [1.29, 1.82) is 0 Å². The number of hydrogen-bond donors (Lipinski definition) is 0. The fraction of sp³-hybridized carbons (Fsp3) is 0. The Morgan fingerprint density at radius 2 is 1.50 bits per heavy atom. The summed E-state index contributed by atoms with van der Waals surface area (Å²) in [5.41, 5.74) is 0. The number of halogens is 1. The van der Waals surface area contributed by atoms with Gasteiger partial charge in [-0.05, 0) is 0 Å². The van der Waals surface area contributed by atoms with Crippen molar-refractivity contribution < 1.29 is 50.2 Å². The van der Waals surface area contributed by atoms with E-state index >= 15 is 0 Å². The van der Waals surface area contributed by atoms with Crippen molar-refractivity contribution in [3.05, 3.63) is 0 Å². The van der Waals surface area contributed by atoms with Crippen LogP contribution in [0.1, 0.15) is 0 Å². The standard InChI is InChI=1S/IO4.V/c2-1(3,4)5;/q-1;+1. The van der Waals surface area contributed by atoms with Gasteiger partial charge in [0, 0.05) is 0 Å². The number of rotatable bonds is 1. The van der Waals surface area contributed by atoms with Crippen LogP contribution in [0.3, 0.4) is 0 Å². The third-order valence-electron chi connectivity index (χ3n) is 0.0845. The van der Waals surface area contributed by atoms with Gasteiger partial charge in [-0.15, -0.1) is 0 Å². The Morgan fingerprint density at radius 1 is 1.33 bits per heavy atom.